The number of rotatable bonds is 6. The zero-order valence-corrected chi connectivity index (χ0v) is 15.7. The Balaban J connectivity index is 2.31. The van der Waals surface area contributed by atoms with Gasteiger partial charge in [-0.05, 0) is 54.9 Å². The molecule has 0 bridgehead atoms. The first-order valence-corrected chi connectivity index (χ1v) is 9.20. The molecular weight excluding hydrogens is 320 g/mol. The molecule has 0 radical (unpaired) electrons. The van der Waals surface area contributed by atoms with E-state index in [1.54, 1.807) is 0 Å². The summed E-state index contributed by atoms with van der Waals surface area (Å²) < 4.78 is 0. The lowest BCUT2D eigenvalue weighted by Crippen LogP contribution is -2.52. The third-order valence-corrected chi connectivity index (χ3v) is 7.04. The second-order valence-electron chi connectivity index (χ2n) is 8.69. The molecule has 5 atom stereocenters. The minimum atomic E-state index is -0.989. The minimum Gasteiger partial charge on any atom is -0.481 e. The number of carboxylic acids is 2. The van der Waals surface area contributed by atoms with Gasteiger partial charge in [0.2, 0.25) is 0 Å². The van der Waals surface area contributed by atoms with Gasteiger partial charge >= 0.3 is 11.9 Å². The summed E-state index contributed by atoms with van der Waals surface area (Å²) in [5.41, 5.74) is -0.396. The molecule has 0 aromatic rings. The molecule has 1 saturated carbocycles. The van der Waals surface area contributed by atoms with E-state index in [0.29, 0.717) is 12.3 Å². The van der Waals surface area contributed by atoms with Crippen molar-refractivity contribution in [2.75, 3.05) is 0 Å². The highest BCUT2D eigenvalue weighted by molar-refractivity contribution is 6.01. The lowest BCUT2D eigenvalue weighted by Gasteiger charge is -2.57. The molecule has 1 fully saturated rings. The van der Waals surface area contributed by atoms with Crippen molar-refractivity contribution in [2.24, 2.45) is 28.6 Å². The maximum Gasteiger partial charge on any atom is 0.332 e. The van der Waals surface area contributed by atoms with Gasteiger partial charge in [-0.15, -0.1) is 0 Å². The second kappa shape index (κ2) is 6.93. The van der Waals surface area contributed by atoms with Crippen LogP contribution in [0.25, 0.3) is 0 Å². The van der Waals surface area contributed by atoms with Crippen molar-refractivity contribution in [1.82, 2.24) is 0 Å². The van der Waals surface area contributed by atoms with Crippen LogP contribution in [-0.4, -0.2) is 27.9 Å². The summed E-state index contributed by atoms with van der Waals surface area (Å²) in [6.45, 7) is 8.30. The zero-order chi connectivity index (χ0) is 19.0. The van der Waals surface area contributed by atoms with Crippen LogP contribution in [0.4, 0.5) is 0 Å². The Hall–Kier alpha value is -1.65. The van der Waals surface area contributed by atoms with Gasteiger partial charge in [0.15, 0.2) is 5.78 Å². The number of hydrogen-bond acceptors (Lipinski definition) is 3. The Bertz CT molecular complexity index is 607. The Morgan fingerprint density at radius 1 is 1.32 bits per heavy atom. The molecule has 140 valence electrons. The number of hydrogen-bond donors (Lipinski definition) is 2. The summed E-state index contributed by atoms with van der Waals surface area (Å²) in [5, 5.41) is 18.6. The van der Waals surface area contributed by atoms with Gasteiger partial charge in [-0.25, -0.2) is 4.79 Å². The predicted molar refractivity (Wildman–Crippen MR) is 94.1 cm³/mol. The molecule has 0 aliphatic heterocycles. The maximum atomic E-state index is 12.2. The van der Waals surface area contributed by atoms with E-state index in [1.807, 2.05) is 13.8 Å². The quantitative estimate of drug-likeness (QED) is 0.757. The SMILES string of the molecule is C[C@H](CC[C@@]1(C)[C@H](C)CC[C@@]2(C)C(C(=O)O)=CC(=O)C[C@H]12)CC(=O)O. The highest BCUT2D eigenvalue weighted by atomic mass is 16.4. The van der Waals surface area contributed by atoms with Gasteiger partial charge in [0.25, 0.3) is 0 Å². The summed E-state index contributed by atoms with van der Waals surface area (Å²) in [7, 11) is 0. The van der Waals surface area contributed by atoms with Crippen LogP contribution in [0.2, 0.25) is 0 Å². The van der Waals surface area contributed by atoms with E-state index in [2.05, 4.69) is 13.8 Å². The van der Waals surface area contributed by atoms with Crippen molar-refractivity contribution in [1.29, 1.82) is 0 Å². The first-order valence-electron chi connectivity index (χ1n) is 9.20. The van der Waals surface area contributed by atoms with Crippen molar-refractivity contribution in [3.63, 3.8) is 0 Å². The molecule has 25 heavy (non-hydrogen) atoms. The Morgan fingerprint density at radius 2 is 1.96 bits per heavy atom. The van der Waals surface area contributed by atoms with Gasteiger partial charge in [0, 0.05) is 23.8 Å². The fraction of sp³-hybridized carbons (Fsp3) is 0.750. The fourth-order valence-electron chi connectivity index (χ4n) is 5.14. The first-order chi connectivity index (χ1) is 11.5. The molecule has 5 nitrogen and oxygen atoms in total. The van der Waals surface area contributed by atoms with E-state index in [0.717, 1.165) is 25.7 Å². The van der Waals surface area contributed by atoms with E-state index in [9.17, 15) is 19.5 Å². The molecule has 0 amide bonds. The van der Waals surface area contributed by atoms with Gasteiger partial charge in [-0.2, -0.15) is 0 Å². The van der Waals surface area contributed by atoms with E-state index in [1.165, 1.54) is 6.08 Å². The second-order valence-corrected chi connectivity index (χ2v) is 8.69. The van der Waals surface area contributed by atoms with Crippen molar-refractivity contribution in [3.05, 3.63) is 11.6 Å². The Kier molecular flexibility index (Phi) is 5.45. The monoisotopic (exact) mass is 350 g/mol. The van der Waals surface area contributed by atoms with Gasteiger partial charge < -0.3 is 10.2 Å². The van der Waals surface area contributed by atoms with Crippen LogP contribution in [-0.2, 0) is 14.4 Å². The molecule has 0 aromatic heterocycles. The highest BCUT2D eigenvalue weighted by Gasteiger charge is 2.56. The van der Waals surface area contributed by atoms with E-state index < -0.39 is 17.4 Å². The molecule has 0 heterocycles. The topological polar surface area (TPSA) is 91.7 Å². The van der Waals surface area contributed by atoms with Gasteiger partial charge in [-0.1, -0.05) is 27.7 Å². The summed E-state index contributed by atoms with van der Waals surface area (Å²) in [4.78, 5) is 34.9. The van der Waals surface area contributed by atoms with Crippen LogP contribution >= 0.6 is 0 Å². The minimum absolute atomic E-state index is 0.00984. The largest absolute Gasteiger partial charge is 0.481 e. The van der Waals surface area contributed by atoms with E-state index in [4.69, 9.17) is 5.11 Å². The lowest BCUT2D eigenvalue weighted by molar-refractivity contribution is -0.141. The normalized spacial score (nSPS) is 36.3. The van der Waals surface area contributed by atoms with Crippen molar-refractivity contribution >= 4 is 17.7 Å². The smallest absolute Gasteiger partial charge is 0.332 e. The van der Waals surface area contributed by atoms with Crippen LogP contribution in [0.15, 0.2) is 11.6 Å². The average Bonchev–Trinajstić information content (AvgIpc) is 2.50. The Labute approximate surface area is 149 Å². The summed E-state index contributed by atoms with van der Waals surface area (Å²) in [6, 6.07) is 0. The summed E-state index contributed by atoms with van der Waals surface area (Å²) in [6.07, 6.45) is 5.18. The van der Waals surface area contributed by atoms with Crippen LogP contribution < -0.4 is 0 Å². The Morgan fingerprint density at radius 3 is 2.52 bits per heavy atom. The average molecular weight is 350 g/mol. The number of carbonyl (C=O) groups excluding carboxylic acids is 1. The lowest BCUT2D eigenvalue weighted by atomic mass is 9.46. The number of allylic oxidation sites excluding steroid dienone is 1. The maximum absolute atomic E-state index is 12.2. The summed E-state index contributed by atoms with van der Waals surface area (Å²) >= 11 is 0. The van der Waals surface area contributed by atoms with Gasteiger partial charge in [0.05, 0.1) is 0 Å². The van der Waals surface area contributed by atoms with Gasteiger partial charge in [-0.3, -0.25) is 9.59 Å². The molecule has 0 unspecified atom stereocenters. The zero-order valence-electron chi connectivity index (χ0n) is 15.7. The van der Waals surface area contributed by atoms with Crippen LogP contribution in [0.5, 0.6) is 0 Å². The van der Waals surface area contributed by atoms with Crippen LogP contribution in [0, 0.1) is 28.6 Å². The third kappa shape index (κ3) is 3.65. The number of carboxylic acid groups (broad SMARTS) is 2. The van der Waals surface area contributed by atoms with Crippen molar-refractivity contribution in [3.8, 4) is 0 Å². The summed E-state index contributed by atoms with van der Waals surface area (Å²) in [5.74, 6) is -1.44. The van der Waals surface area contributed by atoms with Crippen molar-refractivity contribution in [2.45, 2.75) is 66.2 Å². The molecule has 5 heteroatoms. The number of aliphatic carboxylic acids is 2. The number of fused-ring (bicyclic) bond motifs is 1. The first kappa shape index (κ1) is 19.7. The molecule has 2 aliphatic rings. The molecule has 0 spiro atoms. The molecule has 2 aliphatic carbocycles. The molecular formula is C20H30O5. The van der Waals surface area contributed by atoms with Crippen LogP contribution in [0.1, 0.15) is 66.2 Å². The van der Waals surface area contributed by atoms with E-state index in [-0.39, 0.29) is 35.0 Å². The molecule has 0 saturated heterocycles. The predicted octanol–water partition coefficient (Wildman–Crippen LogP) is 3.92. The molecule has 0 aromatic carbocycles. The molecule has 2 rings (SSSR count). The number of carbonyl (C=O) groups is 3. The van der Waals surface area contributed by atoms with Gasteiger partial charge in [0.1, 0.15) is 0 Å². The van der Waals surface area contributed by atoms with E-state index >= 15 is 0 Å². The number of ketones is 1. The fourth-order valence-corrected chi connectivity index (χ4v) is 5.14. The third-order valence-electron chi connectivity index (χ3n) is 7.04. The standard InChI is InChI=1S/C20H30O5/c1-12(9-17(22)23)5-7-19(3)13(2)6-8-20(4)15(18(24)25)10-14(21)11-16(19)20/h10,12-13,16H,5-9,11H2,1-4H3,(H,22,23)(H,24,25)/t12-,13-,16-,19+,20+/m1/s1. The molecule has 2 N–H and O–H groups in total. The van der Waals surface area contributed by atoms with Crippen molar-refractivity contribution < 1.29 is 24.6 Å². The highest BCUT2D eigenvalue weighted by Crippen LogP contribution is 2.61. The van der Waals surface area contributed by atoms with Crippen LogP contribution in [0.3, 0.4) is 0 Å².